The normalized spacial score (nSPS) is 20.1. The molecule has 1 aliphatic heterocycles. The lowest BCUT2D eigenvalue weighted by atomic mass is 9.87. The fraction of sp³-hybridized carbons (Fsp3) is 0.643. The van der Waals surface area contributed by atoms with Gasteiger partial charge in [0.05, 0.1) is 7.11 Å². The summed E-state index contributed by atoms with van der Waals surface area (Å²) in [5.74, 6) is 0.679. The molecule has 0 bridgehead atoms. The van der Waals surface area contributed by atoms with E-state index in [0.717, 1.165) is 13.1 Å². The minimum Gasteiger partial charge on any atom is -0.495 e. The quantitative estimate of drug-likeness (QED) is 0.888. The molecule has 1 aromatic heterocycles. The Kier molecular flexibility index (Phi) is 3.88. The maximum absolute atomic E-state index is 10.8. The van der Waals surface area contributed by atoms with Crippen LogP contribution in [0.2, 0.25) is 0 Å². The fourth-order valence-corrected chi connectivity index (χ4v) is 2.55. The molecule has 0 aromatic carbocycles. The molecule has 2 rings (SSSR count). The number of hydrogen-bond donors (Lipinski definition) is 1. The SMILES string of the molecule is COc1cccnc1C1(O)CCN(C(C)C)CC1. The second-order valence-electron chi connectivity index (χ2n) is 5.22. The lowest BCUT2D eigenvalue weighted by molar-refractivity contribution is -0.0371. The van der Waals surface area contributed by atoms with E-state index in [-0.39, 0.29) is 0 Å². The number of ether oxygens (including phenoxy) is 1. The zero-order chi connectivity index (χ0) is 13.2. The first kappa shape index (κ1) is 13.3. The molecule has 0 unspecified atom stereocenters. The molecule has 100 valence electrons. The Bertz CT molecular complexity index is 399. The standard InChI is InChI=1S/C14H22N2O2/c1-11(2)16-9-6-14(17,7-10-16)13-12(18-3)5-4-8-15-13/h4-5,8,11,17H,6-7,9-10H2,1-3H3. The average molecular weight is 250 g/mol. The minimum absolute atomic E-state index is 0.528. The maximum Gasteiger partial charge on any atom is 0.143 e. The Morgan fingerprint density at radius 3 is 2.61 bits per heavy atom. The van der Waals surface area contributed by atoms with Gasteiger partial charge in [0.1, 0.15) is 17.0 Å². The van der Waals surface area contributed by atoms with Gasteiger partial charge in [0.25, 0.3) is 0 Å². The summed E-state index contributed by atoms with van der Waals surface area (Å²) in [5.41, 5.74) is -0.172. The molecule has 0 spiro atoms. The van der Waals surface area contributed by atoms with Crippen molar-refractivity contribution in [3.63, 3.8) is 0 Å². The van der Waals surface area contributed by atoms with E-state index in [2.05, 4.69) is 23.7 Å². The van der Waals surface area contributed by atoms with Crippen molar-refractivity contribution >= 4 is 0 Å². The first-order valence-electron chi connectivity index (χ1n) is 6.53. The Hall–Kier alpha value is -1.13. The predicted octanol–water partition coefficient (Wildman–Crippen LogP) is 1.78. The summed E-state index contributed by atoms with van der Waals surface area (Å²) >= 11 is 0. The number of likely N-dealkylation sites (tertiary alicyclic amines) is 1. The van der Waals surface area contributed by atoms with Crippen LogP contribution in [0.4, 0.5) is 0 Å². The van der Waals surface area contributed by atoms with Crippen LogP contribution in [0.25, 0.3) is 0 Å². The highest BCUT2D eigenvalue weighted by atomic mass is 16.5. The first-order valence-corrected chi connectivity index (χ1v) is 6.53. The van der Waals surface area contributed by atoms with Crippen molar-refractivity contribution in [3.8, 4) is 5.75 Å². The van der Waals surface area contributed by atoms with Crippen LogP contribution < -0.4 is 4.74 Å². The monoisotopic (exact) mass is 250 g/mol. The molecule has 1 aliphatic rings. The van der Waals surface area contributed by atoms with E-state index < -0.39 is 5.60 Å². The number of methoxy groups -OCH3 is 1. The third kappa shape index (κ3) is 2.49. The summed E-state index contributed by atoms with van der Waals surface area (Å²) < 4.78 is 5.30. The molecular formula is C14H22N2O2. The van der Waals surface area contributed by atoms with Gasteiger partial charge in [0, 0.05) is 25.3 Å². The van der Waals surface area contributed by atoms with Crippen molar-refractivity contribution in [2.75, 3.05) is 20.2 Å². The van der Waals surface area contributed by atoms with Crippen LogP contribution in [0.1, 0.15) is 32.4 Å². The van der Waals surface area contributed by atoms with E-state index in [4.69, 9.17) is 4.74 Å². The number of aromatic nitrogens is 1. The van der Waals surface area contributed by atoms with Gasteiger partial charge in [-0.3, -0.25) is 4.98 Å². The summed E-state index contributed by atoms with van der Waals surface area (Å²) in [7, 11) is 1.62. The van der Waals surface area contributed by atoms with Crippen molar-refractivity contribution in [3.05, 3.63) is 24.0 Å². The van der Waals surface area contributed by atoms with Crippen LogP contribution in [0.15, 0.2) is 18.3 Å². The summed E-state index contributed by atoms with van der Waals surface area (Å²) in [5, 5.41) is 10.8. The molecule has 1 N–H and O–H groups in total. The smallest absolute Gasteiger partial charge is 0.143 e. The van der Waals surface area contributed by atoms with Gasteiger partial charge in [-0.25, -0.2) is 0 Å². The molecule has 0 radical (unpaired) electrons. The Balaban J connectivity index is 2.18. The van der Waals surface area contributed by atoms with Gasteiger partial charge in [0.15, 0.2) is 0 Å². The molecule has 1 aromatic rings. The van der Waals surface area contributed by atoms with Crippen LogP contribution >= 0.6 is 0 Å². The van der Waals surface area contributed by atoms with E-state index >= 15 is 0 Å². The van der Waals surface area contributed by atoms with Crippen LogP contribution in [0.5, 0.6) is 5.75 Å². The topological polar surface area (TPSA) is 45.6 Å². The molecule has 0 saturated carbocycles. The molecule has 1 saturated heterocycles. The van der Waals surface area contributed by atoms with Gasteiger partial charge in [-0.15, -0.1) is 0 Å². The third-order valence-electron chi connectivity index (χ3n) is 3.79. The van der Waals surface area contributed by atoms with Crippen molar-refractivity contribution in [1.29, 1.82) is 0 Å². The van der Waals surface area contributed by atoms with Crippen molar-refractivity contribution in [2.45, 2.75) is 38.3 Å². The predicted molar refractivity (Wildman–Crippen MR) is 70.6 cm³/mol. The first-order chi connectivity index (χ1) is 8.57. The summed E-state index contributed by atoms with van der Waals surface area (Å²) in [6.45, 7) is 6.17. The minimum atomic E-state index is -0.849. The summed E-state index contributed by atoms with van der Waals surface area (Å²) in [6.07, 6.45) is 3.13. The molecule has 18 heavy (non-hydrogen) atoms. The second kappa shape index (κ2) is 5.24. The Labute approximate surface area is 109 Å². The molecule has 0 aliphatic carbocycles. The van der Waals surface area contributed by atoms with Crippen molar-refractivity contribution in [1.82, 2.24) is 9.88 Å². The van der Waals surface area contributed by atoms with Gasteiger partial charge < -0.3 is 14.7 Å². The lowest BCUT2D eigenvalue weighted by Gasteiger charge is -2.39. The number of pyridine rings is 1. The molecule has 4 nitrogen and oxygen atoms in total. The molecule has 0 atom stereocenters. The van der Waals surface area contributed by atoms with Crippen LogP contribution in [0, 0.1) is 0 Å². The number of aliphatic hydroxyl groups is 1. The van der Waals surface area contributed by atoms with Crippen molar-refractivity contribution < 1.29 is 9.84 Å². The average Bonchev–Trinajstić information content (AvgIpc) is 2.39. The largest absolute Gasteiger partial charge is 0.495 e. The highest BCUT2D eigenvalue weighted by Gasteiger charge is 2.37. The molecule has 4 heteroatoms. The number of rotatable bonds is 3. The van der Waals surface area contributed by atoms with E-state index in [0.29, 0.717) is 30.3 Å². The van der Waals surface area contributed by atoms with E-state index in [1.165, 1.54) is 0 Å². The zero-order valence-electron chi connectivity index (χ0n) is 11.4. The van der Waals surface area contributed by atoms with Gasteiger partial charge >= 0.3 is 0 Å². The highest BCUT2D eigenvalue weighted by Crippen LogP contribution is 2.36. The number of nitrogens with zero attached hydrogens (tertiary/aromatic N) is 2. The van der Waals surface area contributed by atoms with E-state index in [1.807, 2.05) is 12.1 Å². The second-order valence-corrected chi connectivity index (χ2v) is 5.22. The van der Waals surface area contributed by atoms with Crippen LogP contribution in [0.3, 0.4) is 0 Å². The number of hydrogen-bond acceptors (Lipinski definition) is 4. The third-order valence-corrected chi connectivity index (χ3v) is 3.79. The molecule has 2 heterocycles. The zero-order valence-corrected chi connectivity index (χ0v) is 11.4. The van der Waals surface area contributed by atoms with E-state index in [1.54, 1.807) is 13.3 Å². The molecular weight excluding hydrogens is 228 g/mol. The molecule has 0 amide bonds. The van der Waals surface area contributed by atoms with Gasteiger partial charge in [-0.1, -0.05) is 0 Å². The van der Waals surface area contributed by atoms with Crippen molar-refractivity contribution in [2.24, 2.45) is 0 Å². The van der Waals surface area contributed by atoms with E-state index in [9.17, 15) is 5.11 Å². The van der Waals surface area contributed by atoms with Gasteiger partial charge in [-0.2, -0.15) is 0 Å². The Morgan fingerprint density at radius 1 is 1.39 bits per heavy atom. The fourth-order valence-electron chi connectivity index (χ4n) is 2.55. The van der Waals surface area contributed by atoms with Crippen LogP contribution in [-0.4, -0.2) is 41.2 Å². The summed E-state index contributed by atoms with van der Waals surface area (Å²) in [4.78, 5) is 6.70. The Morgan fingerprint density at radius 2 is 2.06 bits per heavy atom. The van der Waals surface area contributed by atoms with Gasteiger partial charge in [0.2, 0.25) is 0 Å². The maximum atomic E-state index is 10.8. The highest BCUT2D eigenvalue weighted by molar-refractivity contribution is 5.32. The van der Waals surface area contributed by atoms with Crippen LogP contribution in [-0.2, 0) is 5.60 Å². The lowest BCUT2D eigenvalue weighted by Crippen LogP contribution is -2.45. The summed E-state index contributed by atoms with van der Waals surface area (Å²) in [6, 6.07) is 4.21. The van der Waals surface area contributed by atoms with Gasteiger partial charge in [-0.05, 0) is 38.8 Å². The molecule has 1 fully saturated rings. The number of piperidine rings is 1.